The molecule has 0 radical (unpaired) electrons. The maximum absolute atomic E-state index is 8.93. The van der Waals surface area contributed by atoms with Gasteiger partial charge in [-0.1, -0.05) is 24.4 Å². The summed E-state index contributed by atoms with van der Waals surface area (Å²) in [6.07, 6.45) is 3.66. The molecule has 0 bridgehead atoms. The number of aryl methyl sites for hydroxylation is 1. The number of hydrogen-bond donors (Lipinski definition) is 2. The number of rotatable bonds is 4. The molecule has 3 nitrogen and oxygen atoms in total. The lowest BCUT2D eigenvalue weighted by Crippen LogP contribution is -2.30. The summed E-state index contributed by atoms with van der Waals surface area (Å²) < 4.78 is 5.25. The molecule has 0 unspecified atom stereocenters. The van der Waals surface area contributed by atoms with Crippen LogP contribution in [0.4, 0.5) is 0 Å². The Morgan fingerprint density at radius 2 is 2.21 bits per heavy atom. The van der Waals surface area contributed by atoms with Crippen molar-refractivity contribution in [1.82, 2.24) is 0 Å². The lowest BCUT2D eigenvalue weighted by Gasteiger charge is -2.08. The summed E-state index contributed by atoms with van der Waals surface area (Å²) in [7, 11) is -1.60. The van der Waals surface area contributed by atoms with Crippen molar-refractivity contribution in [3.63, 3.8) is 0 Å². The second-order valence-electron chi connectivity index (χ2n) is 3.04. The Morgan fingerprint density at radius 3 is 2.71 bits per heavy atom. The zero-order valence-electron chi connectivity index (χ0n) is 8.10. The minimum absolute atomic E-state index is 0.198. The molecule has 0 fully saturated rings. The van der Waals surface area contributed by atoms with Crippen LogP contribution < -0.4 is 5.46 Å². The molecule has 74 valence electrons. The average Bonchev–Trinajstić information content (AvgIpc) is 2.15. The summed E-state index contributed by atoms with van der Waals surface area (Å²) in [6, 6.07) is 5.29. The van der Waals surface area contributed by atoms with Gasteiger partial charge in [0.2, 0.25) is 9.38 Å². The lowest BCUT2D eigenvalue weighted by atomic mass is 9.79. The van der Waals surface area contributed by atoms with Crippen LogP contribution in [0.2, 0.25) is 0 Å². The van der Waals surface area contributed by atoms with Crippen LogP contribution in [0, 0.1) is 6.92 Å². The van der Waals surface area contributed by atoms with Gasteiger partial charge in [0.1, 0.15) is 0 Å². The molecule has 14 heavy (non-hydrogen) atoms. The van der Waals surface area contributed by atoms with Gasteiger partial charge in [0.05, 0.1) is 6.61 Å². The number of benzene rings is 1. The Hall–Kier alpha value is -0.908. The van der Waals surface area contributed by atoms with Crippen molar-refractivity contribution in [2.24, 2.45) is 0 Å². The van der Waals surface area contributed by atoms with Gasteiger partial charge in [0, 0.05) is 0 Å². The van der Waals surface area contributed by atoms with Gasteiger partial charge in [0.15, 0.2) is 0 Å². The molecular formula is C9H13BO3Si. The van der Waals surface area contributed by atoms with E-state index in [4.69, 9.17) is 14.5 Å². The first kappa shape index (κ1) is 11.2. The van der Waals surface area contributed by atoms with E-state index in [0.29, 0.717) is 12.1 Å². The highest BCUT2D eigenvalue weighted by Crippen LogP contribution is 2.06. The first-order valence-electron chi connectivity index (χ1n) is 4.33. The topological polar surface area (TPSA) is 49.7 Å². The molecule has 0 amide bonds. The van der Waals surface area contributed by atoms with E-state index in [1.165, 1.54) is 0 Å². The monoisotopic (exact) mass is 208 g/mol. The van der Waals surface area contributed by atoms with Crippen molar-refractivity contribution in [2.45, 2.75) is 13.5 Å². The Balaban J connectivity index is 2.84. The summed E-state index contributed by atoms with van der Waals surface area (Å²) in [5, 5.41) is 17.9. The van der Waals surface area contributed by atoms with E-state index in [-0.39, 0.29) is 9.38 Å². The summed E-state index contributed by atoms with van der Waals surface area (Å²) in [5.41, 5.74) is 2.57. The predicted octanol–water partition coefficient (Wildman–Crippen LogP) is -1.03. The van der Waals surface area contributed by atoms with Crippen molar-refractivity contribution < 1.29 is 14.5 Å². The van der Waals surface area contributed by atoms with Crippen LogP contribution in [0.5, 0.6) is 0 Å². The SMILES string of the molecule is C=[SiH]OCc1ccc(B(O)O)cc1C. The summed E-state index contributed by atoms with van der Waals surface area (Å²) in [4.78, 5) is 0. The van der Waals surface area contributed by atoms with Crippen molar-refractivity contribution in [3.05, 3.63) is 29.3 Å². The second-order valence-corrected chi connectivity index (χ2v) is 3.70. The minimum Gasteiger partial charge on any atom is -0.550 e. The van der Waals surface area contributed by atoms with E-state index < -0.39 is 7.12 Å². The van der Waals surface area contributed by atoms with Crippen molar-refractivity contribution >= 4 is 28.1 Å². The van der Waals surface area contributed by atoms with Crippen LogP contribution in [0.3, 0.4) is 0 Å². The first-order chi connectivity index (χ1) is 6.65. The highest BCUT2D eigenvalue weighted by atomic mass is 28.2. The molecule has 0 spiro atoms. The van der Waals surface area contributed by atoms with Gasteiger partial charge in [-0.15, -0.1) is 0 Å². The summed E-state index contributed by atoms with van der Waals surface area (Å²) >= 11 is 0. The van der Waals surface area contributed by atoms with Gasteiger partial charge < -0.3 is 14.5 Å². The van der Waals surface area contributed by atoms with Gasteiger partial charge in [-0.25, -0.2) is 0 Å². The van der Waals surface area contributed by atoms with Gasteiger partial charge in [0.25, 0.3) is 0 Å². The van der Waals surface area contributed by atoms with Crippen LogP contribution in [0.15, 0.2) is 18.2 Å². The molecule has 1 aromatic rings. The fourth-order valence-corrected chi connectivity index (χ4v) is 1.49. The molecule has 2 N–H and O–H groups in total. The lowest BCUT2D eigenvalue weighted by molar-refractivity contribution is 0.335. The zero-order chi connectivity index (χ0) is 10.6. The third-order valence-electron chi connectivity index (χ3n) is 2.02. The van der Waals surface area contributed by atoms with Gasteiger partial charge in [-0.3, -0.25) is 0 Å². The van der Waals surface area contributed by atoms with Crippen LogP contribution in [-0.4, -0.2) is 32.7 Å². The Labute approximate surface area is 86.1 Å². The molecule has 1 rings (SSSR count). The van der Waals surface area contributed by atoms with Crippen molar-refractivity contribution in [1.29, 1.82) is 0 Å². The van der Waals surface area contributed by atoms with Crippen LogP contribution >= 0.6 is 0 Å². The van der Waals surface area contributed by atoms with E-state index in [0.717, 1.165) is 11.1 Å². The highest BCUT2D eigenvalue weighted by Gasteiger charge is 2.11. The molecule has 0 saturated carbocycles. The molecule has 0 aliphatic rings. The molecule has 5 heteroatoms. The molecule has 0 saturated heterocycles. The smallest absolute Gasteiger partial charge is 0.488 e. The molecule has 0 atom stereocenters. The summed E-state index contributed by atoms with van der Waals surface area (Å²) in [6.45, 7) is 2.47. The quantitative estimate of drug-likeness (QED) is 0.622. The van der Waals surface area contributed by atoms with E-state index in [1.807, 2.05) is 13.0 Å². The standard InChI is InChI=1S/C9H13BO3Si/c1-7-5-9(10(11)12)4-3-8(7)6-13-14-2/h3-5,11-12,14H,2,6H2,1H3. The molecule has 0 aliphatic carbocycles. The maximum atomic E-state index is 8.93. The molecule has 1 aromatic carbocycles. The van der Waals surface area contributed by atoms with E-state index in [1.54, 1.807) is 12.1 Å². The third kappa shape index (κ3) is 2.80. The van der Waals surface area contributed by atoms with E-state index >= 15 is 0 Å². The molecular weight excluding hydrogens is 195 g/mol. The van der Waals surface area contributed by atoms with E-state index in [2.05, 4.69) is 6.17 Å². The van der Waals surface area contributed by atoms with Crippen molar-refractivity contribution in [2.75, 3.05) is 0 Å². The highest BCUT2D eigenvalue weighted by molar-refractivity contribution is 6.58. The Kier molecular flexibility index (Phi) is 4.06. The minimum atomic E-state index is -1.40. The Bertz CT molecular complexity index is 328. The predicted molar refractivity (Wildman–Crippen MR) is 60.1 cm³/mol. The normalized spacial score (nSPS) is 9.64. The van der Waals surface area contributed by atoms with Gasteiger partial charge in [-0.05, 0) is 23.5 Å². The maximum Gasteiger partial charge on any atom is 0.488 e. The first-order valence-corrected chi connectivity index (χ1v) is 5.62. The van der Waals surface area contributed by atoms with Crippen LogP contribution in [-0.2, 0) is 11.0 Å². The van der Waals surface area contributed by atoms with Gasteiger partial charge >= 0.3 is 7.12 Å². The summed E-state index contributed by atoms with van der Waals surface area (Å²) in [5.74, 6) is 0. The van der Waals surface area contributed by atoms with Crippen LogP contribution in [0.1, 0.15) is 11.1 Å². The fraction of sp³-hybridized carbons (Fsp3) is 0.222. The fourth-order valence-electron chi connectivity index (χ4n) is 1.19. The van der Waals surface area contributed by atoms with Crippen molar-refractivity contribution in [3.8, 4) is 0 Å². The molecule has 0 aliphatic heterocycles. The van der Waals surface area contributed by atoms with Gasteiger partial charge in [-0.2, -0.15) is 0 Å². The third-order valence-corrected chi connectivity index (χ3v) is 2.42. The second kappa shape index (κ2) is 5.09. The largest absolute Gasteiger partial charge is 0.550 e. The Morgan fingerprint density at radius 1 is 1.50 bits per heavy atom. The van der Waals surface area contributed by atoms with Crippen LogP contribution in [0.25, 0.3) is 0 Å². The number of hydrogen-bond acceptors (Lipinski definition) is 3. The molecule has 0 heterocycles. The zero-order valence-corrected chi connectivity index (χ0v) is 9.26. The average molecular weight is 208 g/mol. The van der Waals surface area contributed by atoms with E-state index in [9.17, 15) is 0 Å². The molecule has 0 aromatic heterocycles.